The average molecular weight is 231 g/mol. The quantitative estimate of drug-likeness (QED) is 0.799. The molecule has 0 radical (unpaired) electrons. The molecule has 0 aromatic rings. The lowest BCUT2D eigenvalue weighted by Crippen LogP contribution is -2.38. The van der Waals surface area contributed by atoms with Crippen molar-refractivity contribution in [2.24, 2.45) is 0 Å². The molecule has 0 aromatic heterocycles. The van der Waals surface area contributed by atoms with E-state index >= 15 is 0 Å². The van der Waals surface area contributed by atoms with Crippen molar-refractivity contribution in [2.75, 3.05) is 26.2 Å². The summed E-state index contributed by atoms with van der Waals surface area (Å²) in [6.45, 7) is 8.88. The molecule has 0 aromatic carbocycles. The molecular formula is C12H23ClN2. The minimum atomic E-state index is 0.667. The third kappa shape index (κ3) is 5.01. The number of hydrogen-bond donors (Lipinski definition) is 1. The summed E-state index contributed by atoms with van der Waals surface area (Å²) in [5.74, 6) is 0. The molecule has 2 nitrogen and oxygen atoms in total. The molecule has 1 aliphatic rings. The first-order valence-electron chi connectivity index (χ1n) is 5.97. The Labute approximate surface area is 98.7 Å². The van der Waals surface area contributed by atoms with Gasteiger partial charge in [0.05, 0.1) is 0 Å². The van der Waals surface area contributed by atoms with Gasteiger partial charge in [0, 0.05) is 24.7 Å². The van der Waals surface area contributed by atoms with Crippen LogP contribution in [0.1, 0.15) is 33.1 Å². The Morgan fingerprint density at radius 2 is 2.40 bits per heavy atom. The van der Waals surface area contributed by atoms with Gasteiger partial charge < -0.3 is 5.32 Å². The van der Waals surface area contributed by atoms with Gasteiger partial charge in [0.25, 0.3) is 0 Å². The molecule has 0 aliphatic carbocycles. The first-order chi connectivity index (χ1) is 7.26. The maximum Gasteiger partial charge on any atom is 0.0202 e. The van der Waals surface area contributed by atoms with Crippen LogP contribution in [-0.4, -0.2) is 37.1 Å². The number of halogens is 1. The lowest BCUT2D eigenvalue weighted by molar-refractivity contribution is 0.283. The smallest absolute Gasteiger partial charge is 0.0202 e. The lowest BCUT2D eigenvalue weighted by Gasteiger charge is -2.24. The molecule has 1 saturated heterocycles. The second-order valence-corrected chi connectivity index (χ2v) is 4.70. The highest BCUT2D eigenvalue weighted by Gasteiger charge is 2.16. The van der Waals surface area contributed by atoms with E-state index in [4.69, 9.17) is 11.6 Å². The number of rotatable bonds is 4. The Balaban J connectivity index is 2.42. The van der Waals surface area contributed by atoms with E-state index in [-0.39, 0.29) is 0 Å². The molecule has 0 spiro atoms. The van der Waals surface area contributed by atoms with Crippen molar-refractivity contribution in [2.45, 2.75) is 39.2 Å². The fourth-order valence-electron chi connectivity index (χ4n) is 2.15. The van der Waals surface area contributed by atoms with E-state index in [2.05, 4.69) is 24.1 Å². The van der Waals surface area contributed by atoms with Crippen molar-refractivity contribution < 1.29 is 0 Å². The molecule has 15 heavy (non-hydrogen) atoms. The van der Waals surface area contributed by atoms with Gasteiger partial charge in [0.15, 0.2) is 0 Å². The second kappa shape index (κ2) is 7.26. The number of nitrogens with one attached hydrogen (secondary N) is 1. The van der Waals surface area contributed by atoms with Crippen molar-refractivity contribution in [3.8, 4) is 0 Å². The molecule has 1 atom stereocenters. The van der Waals surface area contributed by atoms with E-state index in [1.165, 1.54) is 31.4 Å². The van der Waals surface area contributed by atoms with Crippen LogP contribution in [0, 0.1) is 0 Å². The molecule has 1 unspecified atom stereocenters. The summed E-state index contributed by atoms with van der Waals surface area (Å²) in [7, 11) is 0. The largest absolute Gasteiger partial charge is 0.313 e. The molecule has 1 aliphatic heterocycles. The maximum absolute atomic E-state index is 5.71. The van der Waals surface area contributed by atoms with Gasteiger partial charge in [-0.15, -0.1) is 0 Å². The molecule has 1 fully saturated rings. The van der Waals surface area contributed by atoms with Gasteiger partial charge in [-0.3, -0.25) is 4.90 Å². The van der Waals surface area contributed by atoms with E-state index in [1.807, 2.05) is 0 Å². The number of hydrogen-bond acceptors (Lipinski definition) is 2. The van der Waals surface area contributed by atoms with Crippen molar-refractivity contribution in [3.05, 3.63) is 11.1 Å². The highest BCUT2D eigenvalue weighted by Crippen LogP contribution is 2.08. The molecule has 1 N–H and O–H groups in total. The van der Waals surface area contributed by atoms with Gasteiger partial charge in [-0.2, -0.15) is 0 Å². The summed E-state index contributed by atoms with van der Waals surface area (Å²) in [6.07, 6.45) is 3.78. The molecule has 0 amide bonds. The molecule has 0 bridgehead atoms. The van der Waals surface area contributed by atoms with Crippen molar-refractivity contribution in [3.63, 3.8) is 0 Å². The molecule has 1 heterocycles. The van der Waals surface area contributed by atoms with Crippen LogP contribution in [0.2, 0.25) is 0 Å². The SMILES string of the molecule is CCCC1CN(CC(C)=CCl)CCCN1. The fourth-order valence-corrected chi connectivity index (χ4v) is 2.22. The summed E-state index contributed by atoms with van der Waals surface area (Å²) < 4.78 is 0. The predicted octanol–water partition coefficient (Wildman–Crippen LogP) is 2.59. The Kier molecular flexibility index (Phi) is 6.30. The first-order valence-corrected chi connectivity index (χ1v) is 6.41. The van der Waals surface area contributed by atoms with Crippen molar-refractivity contribution in [1.29, 1.82) is 0 Å². The van der Waals surface area contributed by atoms with Crippen LogP contribution in [0.5, 0.6) is 0 Å². The van der Waals surface area contributed by atoms with Crippen LogP contribution in [0.15, 0.2) is 11.1 Å². The summed E-state index contributed by atoms with van der Waals surface area (Å²) in [5, 5.41) is 3.61. The standard InChI is InChI=1S/C12H23ClN2/c1-3-5-12-10-15(7-4-6-14-12)9-11(2)8-13/h8,12,14H,3-7,9-10H2,1-2H3. The van der Waals surface area contributed by atoms with Crippen LogP contribution in [0.3, 0.4) is 0 Å². The molecule has 3 heteroatoms. The lowest BCUT2D eigenvalue weighted by atomic mass is 10.1. The van der Waals surface area contributed by atoms with Crippen molar-refractivity contribution >= 4 is 11.6 Å². The van der Waals surface area contributed by atoms with Crippen molar-refractivity contribution in [1.82, 2.24) is 10.2 Å². The van der Waals surface area contributed by atoms with Gasteiger partial charge in [-0.1, -0.05) is 24.9 Å². The third-order valence-corrected chi connectivity index (χ3v) is 3.23. The maximum atomic E-state index is 5.71. The van der Waals surface area contributed by atoms with Gasteiger partial charge in [-0.25, -0.2) is 0 Å². The van der Waals surface area contributed by atoms with Gasteiger partial charge in [0.2, 0.25) is 0 Å². The first kappa shape index (κ1) is 13.0. The van der Waals surface area contributed by atoms with E-state index < -0.39 is 0 Å². The van der Waals surface area contributed by atoms with E-state index in [0.29, 0.717) is 6.04 Å². The van der Waals surface area contributed by atoms with Crippen LogP contribution in [0.25, 0.3) is 0 Å². The zero-order chi connectivity index (χ0) is 11.1. The normalized spacial score (nSPS) is 25.3. The highest BCUT2D eigenvalue weighted by atomic mass is 35.5. The molecule has 1 rings (SSSR count). The van der Waals surface area contributed by atoms with Crippen LogP contribution >= 0.6 is 11.6 Å². The Morgan fingerprint density at radius 3 is 3.07 bits per heavy atom. The highest BCUT2D eigenvalue weighted by molar-refractivity contribution is 6.25. The van der Waals surface area contributed by atoms with E-state index in [0.717, 1.165) is 19.6 Å². The van der Waals surface area contributed by atoms with E-state index in [9.17, 15) is 0 Å². The monoisotopic (exact) mass is 230 g/mol. The van der Waals surface area contributed by atoms with Crippen LogP contribution < -0.4 is 5.32 Å². The predicted molar refractivity (Wildman–Crippen MR) is 67.4 cm³/mol. The topological polar surface area (TPSA) is 15.3 Å². The minimum Gasteiger partial charge on any atom is -0.313 e. The molecule has 88 valence electrons. The summed E-state index contributed by atoms with van der Waals surface area (Å²) in [4.78, 5) is 2.51. The average Bonchev–Trinajstić information content (AvgIpc) is 2.44. The van der Waals surface area contributed by atoms with Gasteiger partial charge >= 0.3 is 0 Å². The third-order valence-electron chi connectivity index (χ3n) is 2.86. The molecule has 0 saturated carbocycles. The zero-order valence-corrected chi connectivity index (χ0v) is 10.7. The van der Waals surface area contributed by atoms with Crippen LogP contribution in [0.4, 0.5) is 0 Å². The second-order valence-electron chi connectivity index (χ2n) is 4.48. The fraction of sp³-hybridized carbons (Fsp3) is 0.833. The zero-order valence-electron chi connectivity index (χ0n) is 9.93. The van der Waals surface area contributed by atoms with E-state index in [1.54, 1.807) is 5.54 Å². The Bertz CT molecular complexity index is 204. The van der Waals surface area contributed by atoms with Gasteiger partial charge in [0.1, 0.15) is 0 Å². The Morgan fingerprint density at radius 1 is 1.60 bits per heavy atom. The summed E-state index contributed by atoms with van der Waals surface area (Å²) in [5.41, 5.74) is 2.96. The van der Waals surface area contributed by atoms with Crippen LogP contribution in [-0.2, 0) is 0 Å². The molecular weight excluding hydrogens is 208 g/mol. The minimum absolute atomic E-state index is 0.667. The number of nitrogens with zero attached hydrogens (tertiary/aromatic N) is 1. The van der Waals surface area contributed by atoms with Gasteiger partial charge in [-0.05, 0) is 38.4 Å². The summed E-state index contributed by atoms with van der Waals surface area (Å²) >= 11 is 5.71. The Hall–Kier alpha value is -0.0500. The summed E-state index contributed by atoms with van der Waals surface area (Å²) in [6, 6.07) is 0.667.